The molecule has 1 aliphatic rings. The van der Waals surface area contributed by atoms with Crippen LogP contribution < -0.4 is 5.73 Å². The van der Waals surface area contributed by atoms with E-state index in [1.807, 2.05) is 22.4 Å². The fourth-order valence-electron chi connectivity index (χ4n) is 3.21. The lowest BCUT2D eigenvalue weighted by Gasteiger charge is -2.36. The lowest BCUT2D eigenvalue weighted by atomic mass is 9.88. The minimum Gasteiger partial charge on any atom is -0.369 e. The average molecular weight is 293 g/mol. The van der Waals surface area contributed by atoms with Gasteiger partial charge in [0.2, 0.25) is 5.95 Å². The zero-order valence-corrected chi connectivity index (χ0v) is 12.5. The van der Waals surface area contributed by atoms with Crippen molar-refractivity contribution in [2.45, 2.75) is 43.4 Å². The molecule has 1 aliphatic carbocycles. The molecule has 1 fully saturated rings. The van der Waals surface area contributed by atoms with E-state index in [1.54, 1.807) is 6.07 Å². The second kappa shape index (κ2) is 5.28. The van der Waals surface area contributed by atoms with Crippen LogP contribution in [0.4, 0.5) is 10.3 Å². The molecule has 0 atom stereocenters. The Bertz CT molecular complexity index is 617. The van der Waals surface area contributed by atoms with Crippen molar-refractivity contribution in [3.05, 3.63) is 24.0 Å². The summed E-state index contributed by atoms with van der Waals surface area (Å²) in [6.45, 7) is 0.819. The van der Waals surface area contributed by atoms with Crippen LogP contribution in [0, 0.1) is 5.82 Å². The third-order valence-electron chi connectivity index (χ3n) is 4.40. The minimum absolute atomic E-state index is 0.215. The summed E-state index contributed by atoms with van der Waals surface area (Å²) < 4.78 is 16.0. The SMILES string of the molecule is CSC1(Cn2c(N)nc3c(F)cccc32)CCCCC1. The number of rotatable bonds is 3. The van der Waals surface area contributed by atoms with E-state index < -0.39 is 0 Å². The zero-order valence-electron chi connectivity index (χ0n) is 11.7. The van der Waals surface area contributed by atoms with E-state index in [4.69, 9.17) is 5.73 Å². The van der Waals surface area contributed by atoms with E-state index >= 15 is 0 Å². The van der Waals surface area contributed by atoms with Gasteiger partial charge in [-0.15, -0.1) is 0 Å². The molecule has 0 bridgehead atoms. The van der Waals surface area contributed by atoms with Crippen LogP contribution in [-0.4, -0.2) is 20.6 Å². The van der Waals surface area contributed by atoms with Crippen molar-refractivity contribution >= 4 is 28.7 Å². The van der Waals surface area contributed by atoms with E-state index in [1.165, 1.54) is 38.2 Å². The van der Waals surface area contributed by atoms with Gasteiger partial charge in [0.15, 0.2) is 5.82 Å². The normalized spacial score (nSPS) is 18.5. The maximum atomic E-state index is 13.8. The standard InChI is InChI=1S/C15H20FN3S/c1-20-15(8-3-2-4-9-15)10-19-12-7-5-6-11(16)13(12)18-14(19)17/h5-7H,2-4,8-10H2,1H3,(H2,17,18). The molecule has 0 spiro atoms. The molecule has 1 heterocycles. The predicted octanol–water partition coefficient (Wildman–Crippen LogP) is 3.82. The molecule has 0 saturated heterocycles. The molecule has 5 heteroatoms. The van der Waals surface area contributed by atoms with Gasteiger partial charge in [0.05, 0.1) is 5.52 Å². The highest BCUT2D eigenvalue weighted by atomic mass is 32.2. The Morgan fingerprint density at radius 1 is 1.35 bits per heavy atom. The first kappa shape index (κ1) is 13.7. The molecule has 20 heavy (non-hydrogen) atoms. The van der Waals surface area contributed by atoms with Crippen molar-refractivity contribution in [2.75, 3.05) is 12.0 Å². The number of nitrogen functional groups attached to an aromatic ring is 1. The van der Waals surface area contributed by atoms with Crippen molar-refractivity contribution in [3.8, 4) is 0 Å². The zero-order chi connectivity index (χ0) is 14.2. The van der Waals surface area contributed by atoms with E-state index in [-0.39, 0.29) is 10.6 Å². The first-order valence-corrected chi connectivity index (χ1v) is 8.33. The highest BCUT2D eigenvalue weighted by Crippen LogP contribution is 2.41. The number of hydrogen-bond acceptors (Lipinski definition) is 3. The number of nitrogens with two attached hydrogens (primary N) is 1. The van der Waals surface area contributed by atoms with Crippen molar-refractivity contribution in [1.29, 1.82) is 0 Å². The number of hydrogen-bond donors (Lipinski definition) is 1. The van der Waals surface area contributed by atoms with Crippen molar-refractivity contribution in [2.24, 2.45) is 0 Å². The van der Waals surface area contributed by atoms with Gasteiger partial charge < -0.3 is 10.3 Å². The van der Waals surface area contributed by atoms with Gasteiger partial charge in [0, 0.05) is 11.3 Å². The predicted molar refractivity (Wildman–Crippen MR) is 83.4 cm³/mol. The number of anilines is 1. The van der Waals surface area contributed by atoms with Gasteiger partial charge in [0.25, 0.3) is 0 Å². The quantitative estimate of drug-likeness (QED) is 0.935. The first-order valence-electron chi connectivity index (χ1n) is 7.11. The Balaban J connectivity index is 2.01. The molecule has 0 amide bonds. The first-order chi connectivity index (χ1) is 9.65. The van der Waals surface area contributed by atoms with Crippen LogP contribution in [0.5, 0.6) is 0 Å². The average Bonchev–Trinajstić information content (AvgIpc) is 2.78. The van der Waals surface area contributed by atoms with Gasteiger partial charge >= 0.3 is 0 Å². The Morgan fingerprint density at radius 3 is 2.80 bits per heavy atom. The molecule has 2 N–H and O–H groups in total. The maximum absolute atomic E-state index is 13.8. The summed E-state index contributed by atoms with van der Waals surface area (Å²) >= 11 is 1.91. The number of imidazole rings is 1. The van der Waals surface area contributed by atoms with E-state index in [0.29, 0.717) is 11.5 Å². The molecule has 2 aromatic rings. The van der Waals surface area contributed by atoms with Crippen LogP contribution in [-0.2, 0) is 6.54 Å². The number of aromatic nitrogens is 2. The van der Waals surface area contributed by atoms with Crippen LogP contribution >= 0.6 is 11.8 Å². The van der Waals surface area contributed by atoms with Crippen LogP contribution in [0.25, 0.3) is 11.0 Å². The second-order valence-electron chi connectivity index (χ2n) is 5.61. The smallest absolute Gasteiger partial charge is 0.201 e. The molecule has 108 valence electrons. The molecular weight excluding hydrogens is 273 g/mol. The Kier molecular flexibility index (Phi) is 3.63. The Morgan fingerprint density at radius 2 is 2.10 bits per heavy atom. The molecule has 0 radical (unpaired) electrons. The third-order valence-corrected chi connectivity index (χ3v) is 5.81. The van der Waals surface area contributed by atoms with Gasteiger partial charge in [-0.2, -0.15) is 11.8 Å². The van der Waals surface area contributed by atoms with Crippen LogP contribution in [0.3, 0.4) is 0 Å². The number of halogens is 1. The van der Waals surface area contributed by atoms with Crippen molar-refractivity contribution < 1.29 is 4.39 Å². The summed E-state index contributed by atoms with van der Waals surface area (Å²) in [5.41, 5.74) is 7.22. The maximum Gasteiger partial charge on any atom is 0.201 e. The topological polar surface area (TPSA) is 43.8 Å². The number of thioether (sulfide) groups is 1. The molecule has 3 nitrogen and oxygen atoms in total. The second-order valence-corrected chi connectivity index (χ2v) is 6.89. The van der Waals surface area contributed by atoms with E-state index in [9.17, 15) is 4.39 Å². The minimum atomic E-state index is -0.296. The summed E-state index contributed by atoms with van der Waals surface area (Å²) in [7, 11) is 0. The Labute approximate surface area is 122 Å². The molecular formula is C15H20FN3S. The summed E-state index contributed by atoms with van der Waals surface area (Å²) in [6.07, 6.45) is 8.41. The molecule has 0 unspecified atom stereocenters. The molecule has 1 aromatic heterocycles. The lowest BCUT2D eigenvalue weighted by Crippen LogP contribution is -2.33. The highest BCUT2D eigenvalue weighted by molar-refractivity contribution is 8.00. The van der Waals surface area contributed by atoms with Gasteiger partial charge in [-0.1, -0.05) is 25.3 Å². The van der Waals surface area contributed by atoms with E-state index in [2.05, 4.69) is 11.2 Å². The number of nitrogens with zero attached hydrogens (tertiary/aromatic N) is 2. The Hall–Kier alpha value is -1.23. The van der Waals surface area contributed by atoms with Crippen LogP contribution in [0.1, 0.15) is 32.1 Å². The fourth-order valence-corrected chi connectivity index (χ4v) is 4.16. The van der Waals surface area contributed by atoms with Gasteiger partial charge in [-0.05, 0) is 31.2 Å². The fraction of sp³-hybridized carbons (Fsp3) is 0.533. The highest BCUT2D eigenvalue weighted by Gasteiger charge is 2.32. The number of benzene rings is 1. The summed E-state index contributed by atoms with van der Waals surface area (Å²) in [5, 5.41) is 0. The van der Waals surface area contributed by atoms with Crippen LogP contribution in [0.2, 0.25) is 0 Å². The van der Waals surface area contributed by atoms with Crippen molar-refractivity contribution in [3.63, 3.8) is 0 Å². The van der Waals surface area contributed by atoms with Crippen molar-refractivity contribution in [1.82, 2.24) is 9.55 Å². The molecule has 3 rings (SSSR count). The largest absolute Gasteiger partial charge is 0.369 e. The van der Waals surface area contributed by atoms with Gasteiger partial charge in [0.1, 0.15) is 5.52 Å². The van der Waals surface area contributed by atoms with Crippen LogP contribution in [0.15, 0.2) is 18.2 Å². The summed E-state index contributed by atoms with van der Waals surface area (Å²) in [4.78, 5) is 4.20. The van der Waals surface area contributed by atoms with Gasteiger partial charge in [-0.25, -0.2) is 9.37 Å². The molecule has 1 aromatic carbocycles. The summed E-state index contributed by atoms with van der Waals surface area (Å²) in [6, 6.07) is 5.06. The third kappa shape index (κ3) is 2.28. The molecule has 1 saturated carbocycles. The lowest BCUT2D eigenvalue weighted by molar-refractivity contribution is 0.363. The summed E-state index contributed by atoms with van der Waals surface area (Å²) in [5.74, 6) is 0.124. The number of fused-ring (bicyclic) bond motifs is 1. The number of para-hydroxylation sites is 1. The monoisotopic (exact) mass is 293 g/mol. The molecule has 0 aliphatic heterocycles. The van der Waals surface area contributed by atoms with E-state index in [0.717, 1.165) is 12.1 Å². The van der Waals surface area contributed by atoms with Gasteiger partial charge in [-0.3, -0.25) is 0 Å².